The number of aryl methyl sites for hydroxylation is 1. The molecule has 1 aromatic heterocycles. The summed E-state index contributed by atoms with van der Waals surface area (Å²) in [4.78, 5) is 10.4. The second kappa shape index (κ2) is 7.26. The number of hydrogen-bond donors (Lipinski definition) is 0. The normalized spacial score (nSPS) is 11.2. The summed E-state index contributed by atoms with van der Waals surface area (Å²) in [7, 11) is 0. The number of hydrogen-bond acceptors (Lipinski definition) is 4. The van der Waals surface area contributed by atoms with Crippen LogP contribution in [0.15, 0.2) is 59.0 Å². The van der Waals surface area contributed by atoms with Crippen LogP contribution in [0.4, 0.5) is 5.69 Å². The number of rotatable bonds is 4. The van der Waals surface area contributed by atoms with E-state index in [1.165, 1.54) is 12.1 Å². The molecule has 0 fully saturated rings. The summed E-state index contributed by atoms with van der Waals surface area (Å²) in [6.45, 7) is 1.78. The molecule has 0 amide bonds. The first-order chi connectivity index (χ1) is 12.5. The summed E-state index contributed by atoms with van der Waals surface area (Å²) in [6.07, 6.45) is 1.62. The fraction of sp³-hybridized carbons (Fsp3) is 0.0500. The number of nitro groups is 1. The lowest BCUT2D eigenvalue weighted by Gasteiger charge is -2.03. The second-order valence-electron chi connectivity index (χ2n) is 5.61. The summed E-state index contributed by atoms with van der Waals surface area (Å²) in [5, 5.41) is 20.8. The molecule has 0 saturated carbocycles. The summed E-state index contributed by atoms with van der Waals surface area (Å²) < 4.78 is 5.80. The van der Waals surface area contributed by atoms with Crippen molar-refractivity contribution in [3.8, 4) is 17.4 Å². The third-order valence-electron chi connectivity index (χ3n) is 3.88. The number of furan rings is 1. The standard InChI is InChI=1S/C20H13ClN2O3/c1-13-10-15(23(24)25)6-8-17(13)20-9-7-16(26-20)11-14(12-22)18-4-2-3-5-19(18)21/h2-11H,1H3/b14-11+. The second-order valence-corrected chi connectivity index (χ2v) is 6.02. The Morgan fingerprint density at radius 2 is 2.00 bits per heavy atom. The van der Waals surface area contributed by atoms with Crippen molar-refractivity contribution in [1.82, 2.24) is 0 Å². The average molecular weight is 365 g/mol. The monoisotopic (exact) mass is 364 g/mol. The van der Waals surface area contributed by atoms with E-state index in [9.17, 15) is 15.4 Å². The van der Waals surface area contributed by atoms with Gasteiger partial charge in [-0.3, -0.25) is 10.1 Å². The van der Waals surface area contributed by atoms with Crippen LogP contribution in [0.25, 0.3) is 23.0 Å². The maximum atomic E-state index is 10.9. The van der Waals surface area contributed by atoms with Crippen LogP contribution < -0.4 is 0 Å². The largest absolute Gasteiger partial charge is 0.457 e. The van der Waals surface area contributed by atoms with Crippen molar-refractivity contribution in [2.75, 3.05) is 0 Å². The lowest BCUT2D eigenvalue weighted by Crippen LogP contribution is -1.89. The zero-order chi connectivity index (χ0) is 18.7. The molecule has 3 aromatic rings. The van der Waals surface area contributed by atoms with Crippen molar-refractivity contribution < 1.29 is 9.34 Å². The number of nitrogens with zero attached hydrogens (tertiary/aromatic N) is 2. The van der Waals surface area contributed by atoms with Crippen LogP contribution in [0.3, 0.4) is 0 Å². The van der Waals surface area contributed by atoms with E-state index in [1.54, 1.807) is 55.5 Å². The first-order valence-corrected chi connectivity index (χ1v) is 8.09. The topological polar surface area (TPSA) is 80.1 Å². The van der Waals surface area contributed by atoms with E-state index in [4.69, 9.17) is 16.0 Å². The van der Waals surface area contributed by atoms with Gasteiger partial charge in [0.15, 0.2) is 0 Å². The highest BCUT2D eigenvalue weighted by atomic mass is 35.5. The molecule has 0 aliphatic heterocycles. The number of nitriles is 1. The lowest BCUT2D eigenvalue weighted by molar-refractivity contribution is -0.384. The summed E-state index contributed by atoms with van der Waals surface area (Å²) in [5.74, 6) is 1.06. The minimum absolute atomic E-state index is 0.0309. The first kappa shape index (κ1) is 17.5. The maximum Gasteiger partial charge on any atom is 0.269 e. The summed E-state index contributed by atoms with van der Waals surface area (Å²) in [6, 6.07) is 17.3. The van der Waals surface area contributed by atoms with Gasteiger partial charge in [0.25, 0.3) is 5.69 Å². The van der Waals surface area contributed by atoms with Crippen LogP contribution in [-0.4, -0.2) is 4.92 Å². The third-order valence-corrected chi connectivity index (χ3v) is 4.21. The summed E-state index contributed by atoms with van der Waals surface area (Å²) in [5.41, 5.74) is 2.53. The minimum Gasteiger partial charge on any atom is -0.457 e. The van der Waals surface area contributed by atoms with Gasteiger partial charge in [0.2, 0.25) is 0 Å². The Morgan fingerprint density at radius 1 is 1.23 bits per heavy atom. The zero-order valence-electron chi connectivity index (χ0n) is 13.8. The van der Waals surface area contributed by atoms with Crippen molar-refractivity contribution in [2.45, 2.75) is 6.92 Å². The molecule has 0 bridgehead atoms. The highest BCUT2D eigenvalue weighted by molar-refractivity contribution is 6.32. The van der Waals surface area contributed by atoms with Crippen LogP contribution in [0, 0.1) is 28.4 Å². The Labute approximate surface area is 154 Å². The molecule has 0 aliphatic carbocycles. The minimum atomic E-state index is -0.435. The van der Waals surface area contributed by atoms with Gasteiger partial charge in [-0.2, -0.15) is 5.26 Å². The first-order valence-electron chi connectivity index (χ1n) is 7.71. The Kier molecular flexibility index (Phi) is 4.87. The predicted molar refractivity (Wildman–Crippen MR) is 100 cm³/mol. The van der Waals surface area contributed by atoms with Crippen LogP contribution in [0.5, 0.6) is 0 Å². The van der Waals surface area contributed by atoms with Crippen LogP contribution in [0.2, 0.25) is 5.02 Å². The lowest BCUT2D eigenvalue weighted by atomic mass is 10.1. The van der Waals surface area contributed by atoms with Crippen molar-refractivity contribution in [3.63, 3.8) is 0 Å². The maximum absolute atomic E-state index is 10.9. The van der Waals surface area contributed by atoms with E-state index in [2.05, 4.69) is 6.07 Å². The quantitative estimate of drug-likeness (QED) is 0.329. The van der Waals surface area contributed by atoms with E-state index < -0.39 is 4.92 Å². The highest BCUT2D eigenvalue weighted by Gasteiger charge is 2.13. The molecule has 3 rings (SSSR count). The van der Waals surface area contributed by atoms with E-state index in [-0.39, 0.29) is 5.69 Å². The molecule has 0 atom stereocenters. The van der Waals surface area contributed by atoms with Crippen LogP contribution >= 0.6 is 11.6 Å². The molecule has 0 aliphatic rings. The number of halogens is 1. The number of nitro benzene ring substituents is 1. The molecule has 26 heavy (non-hydrogen) atoms. The SMILES string of the molecule is Cc1cc([N+](=O)[O-])ccc1-c1ccc(/C=C(\C#N)c2ccccc2Cl)o1. The van der Waals surface area contributed by atoms with Crippen LogP contribution in [0.1, 0.15) is 16.9 Å². The fourth-order valence-electron chi connectivity index (χ4n) is 2.61. The van der Waals surface area contributed by atoms with E-state index in [0.29, 0.717) is 27.7 Å². The zero-order valence-corrected chi connectivity index (χ0v) is 14.5. The van der Waals surface area contributed by atoms with Gasteiger partial charge in [-0.05, 0) is 42.8 Å². The van der Waals surface area contributed by atoms with Gasteiger partial charge < -0.3 is 4.42 Å². The fourth-order valence-corrected chi connectivity index (χ4v) is 2.84. The molecule has 0 radical (unpaired) electrons. The van der Waals surface area contributed by atoms with Crippen LogP contribution in [-0.2, 0) is 0 Å². The molecular formula is C20H13ClN2O3. The Balaban J connectivity index is 1.97. The number of non-ortho nitro benzene ring substituents is 1. The van der Waals surface area contributed by atoms with Gasteiger partial charge in [-0.25, -0.2) is 0 Å². The molecule has 0 unspecified atom stereocenters. The van der Waals surface area contributed by atoms with Gasteiger partial charge in [0.1, 0.15) is 11.5 Å². The molecule has 128 valence electrons. The van der Waals surface area contributed by atoms with E-state index in [1.807, 2.05) is 0 Å². The van der Waals surface area contributed by atoms with Gasteiger partial charge >= 0.3 is 0 Å². The van der Waals surface area contributed by atoms with E-state index >= 15 is 0 Å². The molecule has 6 heteroatoms. The average Bonchev–Trinajstić information content (AvgIpc) is 3.08. The molecule has 5 nitrogen and oxygen atoms in total. The molecule has 0 N–H and O–H groups in total. The Hall–Kier alpha value is -3.36. The molecule has 0 saturated heterocycles. The summed E-state index contributed by atoms with van der Waals surface area (Å²) >= 11 is 6.15. The van der Waals surface area contributed by atoms with Crippen molar-refractivity contribution in [1.29, 1.82) is 5.26 Å². The Morgan fingerprint density at radius 3 is 2.65 bits per heavy atom. The molecule has 0 spiro atoms. The molecular weight excluding hydrogens is 352 g/mol. The third kappa shape index (κ3) is 3.51. The number of allylic oxidation sites excluding steroid dienone is 1. The highest BCUT2D eigenvalue weighted by Crippen LogP contribution is 2.30. The Bertz CT molecular complexity index is 1060. The number of benzene rings is 2. The predicted octanol–water partition coefficient (Wildman–Crippen LogP) is 5.88. The van der Waals surface area contributed by atoms with Gasteiger partial charge in [0.05, 0.1) is 16.6 Å². The van der Waals surface area contributed by atoms with Gasteiger partial charge in [0, 0.05) is 28.3 Å². The van der Waals surface area contributed by atoms with Crippen molar-refractivity contribution in [3.05, 3.63) is 86.6 Å². The van der Waals surface area contributed by atoms with Gasteiger partial charge in [-0.1, -0.05) is 29.8 Å². The molecule has 1 heterocycles. The molecule has 2 aromatic carbocycles. The van der Waals surface area contributed by atoms with Gasteiger partial charge in [-0.15, -0.1) is 0 Å². The van der Waals surface area contributed by atoms with Crippen molar-refractivity contribution >= 4 is 28.9 Å². The smallest absolute Gasteiger partial charge is 0.269 e. The van der Waals surface area contributed by atoms with E-state index in [0.717, 1.165) is 11.1 Å². The van der Waals surface area contributed by atoms with Crippen molar-refractivity contribution in [2.24, 2.45) is 0 Å².